The molecule has 1 aliphatic heterocycles. The van der Waals surface area contributed by atoms with Gasteiger partial charge < -0.3 is 9.96 Å². The number of hydrogen-bond donors (Lipinski definition) is 2. The van der Waals surface area contributed by atoms with Crippen LogP contribution in [-0.2, 0) is 0 Å². The van der Waals surface area contributed by atoms with E-state index in [1.165, 1.54) is 22.1 Å². The van der Waals surface area contributed by atoms with Gasteiger partial charge >= 0.3 is 0 Å². The van der Waals surface area contributed by atoms with Gasteiger partial charge in [-0.1, -0.05) is 24.3 Å². The Morgan fingerprint density at radius 1 is 0.867 bits per heavy atom. The molecule has 0 fully saturated rings. The molecule has 1 heterocycles. The van der Waals surface area contributed by atoms with Crippen LogP contribution in [0.25, 0.3) is 10.8 Å². The lowest BCUT2D eigenvalue weighted by Crippen LogP contribution is -2.47. The molecule has 3 heteroatoms. The summed E-state index contributed by atoms with van der Waals surface area (Å²) in [6.45, 7) is 4.56. The Bertz CT molecular complexity index is 491. The third-order valence-electron chi connectivity index (χ3n) is 2.80. The van der Waals surface area contributed by atoms with Gasteiger partial charge in [0.1, 0.15) is 0 Å². The van der Waals surface area contributed by atoms with Crippen LogP contribution in [0.4, 0.5) is 11.4 Å². The minimum Gasteiger partial charge on any atom is -0.394 e. The zero-order valence-electron chi connectivity index (χ0n) is 8.96. The second kappa shape index (κ2) is 2.76. The summed E-state index contributed by atoms with van der Waals surface area (Å²) in [6, 6.07) is 12.9. The van der Waals surface area contributed by atoms with Gasteiger partial charge in [0.05, 0.1) is 0 Å². The van der Waals surface area contributed by atoms with Crippen LogP contribution in [0, 0.1) is 0 Å². The first-order valence-electron chi connectivity index (χ1n) is 5.24. The Hall–Kier alpha value is -1.48. The highest BCUT2D eigenvalue weighted by Crippen LogP contribution is 2.35. The fourth-order valence-corrected chi connectivity index (χ4v) is 4.08. The average molecular weight is 214 g/mol. The van der Waals surface area contributed by atoms with E-state index in [0.29, 0.717) is 0 Å². The minimum absolute atomic E-state index is 1.28. The van der Waals surface area contributed by atoms with Crippen LogP contribution in [0.5, 0.6) is 0 Å². The monoisotopic (exact) mass is 214 g/mol. The molecule has 2 N–H and O–H groups in total. The van der Waals surface area contributed by atoms with Gasteiger partial charge in [0.25, 0.3) is 8.40 Å². The smallest absolute Gasteiger partial charge is 0.252 e. The van der Waals surface area contributed by atoms with Crippen LogP contribution in [0.15, 0.2) is 36.4 Å². The predicted molar refractivity (Wildman–Crippen MR) is 68.7 cm³/mol. The first-order valence-corrected chi connectivity index (χ1v) is 8.24. The van der Waals surface area contributed by atoms with Gasteiger partial charge in [0.15, 0.2) is 0 Å². The van der Waals surface area contributed by atoms with Crippen molar-refractivity contribution in [1.82, 2.24) is 0 Å². The standard InChI is InChI=1S/C12H14N2Si/c1-15(2)13-10-7-3-5-9-6-4-8-11(14-15)12(9)10/h3-8,13-14H,1-2H3. The van der Waals surface area contributed by atoms with E-state index in [9.17, 15) is 0 Å². The average Bonchev–Trinajstić information content (AvgIpc) is 2.16. The van der Waals surface area contributed by atoms with Crippen molar-refractivity contribution in [1.29, 1.82) is 0 Å². The van der Waals surface area contributed by atoms with Crippen molar-refractivity contribution in [2.45, 2.75) is 13.1 Å². The number of anilines is 2. The molecule has 0 amide bonds. The quantitative estimate of drug-likeness (QED) is 0.657. The molecule has 1 aliphatic rings. The summed E-state index contributed by atoms with van der Waals surface area (Å²) in [6.07, 6.45) is 0. The molecule has 0 atom stereocenters. The molecule has 2 aromatic rings. The molecule has 2 aromatic carbocycles. The minimum atomic E-state index is -1.52. The van der Waals surface area contributed by atoms with Crippen molar-refractivity contribution in [2.24, 2.45) is 0 Å². The van der Waals surface area contributed by atoms with E-state index >= 15 is 0 Å². The molecule has 76 valence electrons. The van der Waals surface area contributed by atoms with Crippen molar-refractivity contribution >= 4 is 30.5 Å². The van der Waals surface area contributed by atoms with E-state index in [1.807, 2.05) is 0 Å². The Morgan fingerprint density at radius 2 is 1.40 bits per heavy atom. The molecule has 0 bridgehead atoms. The third kappa shape index (κ3) is 1.31. The van der Waals surface area contributed by atoms with Gasteiger partial charge in [-0.3, -0.25) is 0 Å². The lowest BCUT2D eigenvalue weighted by atomic mass is 10.1. The number of rotatable bonds is 0. The molecule has 15 heavy (non-hydrogen) atoms. The molecule has 2 nitrogen and oxygen atoms in total. The molecule has 3 rings (SSSR count). The Kier molecular flexibility index (Phi) is 1.62. The summed E-state index contributed by atoms with van der Waals surface area (Å²) in [4.78, 5) is 7.26. The van der Waals surface area contributed by atoms with Gasteiger partial charge in [-0.15, -0.1) is 0 Å². The second-order valence-corrected chi connectivity index (χ2v) is 8.33. The van der Waals surface area contributed by atoms with E-state index in [0.717, 1.165) is 0 Å². The van der Waals surface area contributed by atoms with Gasteiger partial charge in [0, 0.05) is 16.8 Å². The van der Waals surface area contributed by atoms with E-state index in [2.05, 4.69) is 59.5 Å². The van der Waals surface area contributed by atoms with E-state index in [1.54, 1.807) is 0 Å². The fourth-order valence-electron chi connectivity index (χ4n) is 2.25. The maximum Gasteiger partial charge on any atom is 0.252 e. The highest BCUT2D eigenvalue weighted by atomic mass is 28.3. The van der Waals surface area contributed by atoms with Crippen LogP contribution >= 0.6 is 0 Å². The number of nitrogens with one attached hydrogen (secondary N) is 2. The Balaban J connectivity index is 2.36. The number of benzene rings is 2. The SMILES string of the molecule is C[Si]1(C)Nc2cccc3cccc(c23)N1. The topological polar surface area (TPSA) is 24.1 Å². The van der Waals surface area contributed by atoms with Crippen LogP contribution in [0.1, 0.15) is 0 Å². The Labute approximate surface area is 90.5 Å². The van der Waals surface area contributed by atoms with Crippen LogP contribution < -0.4 is 9.96 Å². The van der Waals surface area contributed by atoms with E-state index in [4.69, 9.17) is 0 Å². The summed E-state index contributed by atoms with van der Waals surface area (Å²) < 4.78 is 0. The molecular formula is C12H14N2Si. The zero-order valence-corrected chi connectivity index (χ0v) is 9.96. The first kappa shape index (κ1) is 8.80. The first-order chi connectivity index (χ1) is 7.16. The van der Waals surface area contributed by atoms with Crippen LogP contribution in [0.2, 0.25) is 13.1 Å². The molecule has 0 aliphatic carbocycles. The van der Waals surface area contributed by atoms with E-state index < -0.39 is 8.40 Å². The summed E-state index contributed by atoms with van der Waals surface area (Å²) >= 11 is 0. The second-order valence-electron chi connectivity index (χ2n) is 4.58. The summed E-state index contributed by atoms with van der Waals surface area (Å²) in [5.41, 5.74) is 2.55. The molecule has 0 aromatic heterocycles. The Morgan fingerprint density at radius 3 is 1.93 bits per heavy atom. The molecule has 0 saturated heterocycles. The van der Waals surface area contributed by atoms with Crippen molar-refractivity contribution in [3.63, 3.8) is 0 Å². The van der Waals surface area contributed by atoms with Gasteiger partial charge in [0.2, 0.25) is 0 Å². The van der Waals surface area contributed by atoms with Crippen molar-refractivity contribution < 1.29 is 0 Å². The molecule has 0 unspecified atom stereocenters. The van der Waals surface area contributed by atoms with Crippen molar-refractivity contribution in [3.8, 4) is 0 Å². The maximum atomic E-state index is 3.63. The molecule has 0 saturated carbocycles. The normalized spacial score (nSPS) is 16.9. The lowest BCUT2D eigenvalue weighted by Gasteiger charge is -2.33. The fraction of sp³-hybridized carbons (Fsp3) is 0.167. The maximum absolute atomic E-state index is 3.63. The largest absolute Gasteiger partial charge is 0.394 e. The van der Waals surface area contributed by atoms with Crippen molar-refractivity contribution in [2.75, 3.05) is 9.96 Å². The van der Waals surface area contributed by atoms with Gasteiger partial charge in [-0.2, -0.15) is 0 Å². The highest BCUT2D eigenvalue weighted by molar-refractivity contribution is 6.84. The summed E-state index contributed by atoms with van der Waals surface area (Å²) in [5, 5.41) is 2.63. The van der Waals surface area contributed by atoms with Gasteiger partial charge in [-0.05, 0) is 30.6 Å². The molecule has 0 spiro atoms. The number of hydrogen-bond acceptors (Lipinski definition) is 2. The van der Waals surface area contributed by atoms with E-state index in [-0.39, 0.29) is 0 Å². The van der Waals surface area contributed by atoms with Crippen LogP contribution in [0.3, 0.4) is 0 Å². The summed E-state index contributed by atoms with van der Waals surface area (Å²) in [5.74, 6) is 0. The summed E-state index contributed by atoms with van der Waals surface area (Å²) in [7, 11) is -1.52. The van der Waals surface area contributed by atoms with Crippen molar-refractivity contribution in [3.05, 3.63) is 36.4 Å². The third-order valence-corrected chi connectivity index (χ3v) is 4.59. The molecule has 0 radical (unpaired) electrons. The van der Waals surface area contributed by atoms with Crippen LogP contribution in [-0.4, -0.2) is 8.40 Å². The highest BCUT2D eigenvalue weighted by Gasteiger charge is 2.27. The zero-order chi connectivity index (χ0) is 10.5. The predicted octanol–water partition coefficient (Wildman–Crippen LogP) is 3.38. The lowest BCUT2D eigenvalue weighted by molar-refractivity contribution is 1.52. The van der Waals surface area contributed by atoms with Gasteiger partial charge in [-0.25, -0.2) is 0 Å². The molecular weight excluding hydrogens is 200 g/mol.